The number of hydrogen-bond donors (Lipinski definition) is 0. The Labute approximate surface area is 141 Å². The van der Waals surface area contributed by atoms with Crippen molar-refractivity contribution in [2.24, 2.45) is 0 Å². The summed E-state index contributed by atoms with van der Waals surface area (Å²) in [5.74, 6) is 2.44. The van der Waals surface area contributed by atoms with Gasteiger partial charge in [-0.15, -0.1) is 20.4 Å². The Bertz CT molecular complexity index is 902. The molecule has 0 fully saturated rings. The van der Waals surface area contributed by atoms with Gasteiger partial charge in [-0.05, 0) is 24.3 Å². The molecule has 0 unspecified atom stereocenters. The Balaban J connectivity index is 1.43. The molecule has 1 aromatic carbocycles. The van der Waals surface area contributed by atoms with Gasteiger partial charge in [-0.2, -0.15) is 0 Å². The van der Waals surface area contributed by atoms with Crippen molar-refractivity contribution in [1.29, 1.82) is 0 Å². The normalized spacial score (nSPS) is 11.0. The minimum atomic E-state index is 0.517. The van der Waals surface area contributed by atoms with Gasteiger partial charge < -0.3 is 13.4 Å². The first-order valence-electron chi connectivity index (χ1n) is 7.29. The van der Waals surface area contributed by atoms with Crippen molar-refractivity contribution in [2.75, 3.05) is 0 Å². The molecular weight excluding hydrogens is 326 g/mol. The fourth-order valence-corrected chi connectivity index (χ4v) is 2.92. The lowest BCUT2D eigenvalue weighted by molar-refractivity contribution is 0.484. The number of aromatic nitrogens is 5. The van der Waals surface area contributed by atoms with E-state index in [4.69, 9.17) is 8.83 Å². The highest BCUT2D eigenvalue weighted by Gasteiger charge is 2.12. The zero-order valence-electron chi connectivity index (χ0n) is 12.6. The van der Waals surface area contributed by atoms with Crippen LogP contribution in [0.5, 0.6) is 0 Å². The largest absolute Gasteiger partial charge is 0.467 e. The molecule has 7 nitrogen and oxygen atoms in total. The Morgan fingerprint density at radius 1 is 1.00 bits per heavy atom. The number of benzene rings is 1. The van der Waals surface area contributed by atoms with Gasteiger partial charge in [0.05, 0.1) is 18.6 Å². The number of rotatable bonds is 6. The summed E-state index contributed by atoms with van der Waals surface area (Å²) in [6, 6.07) is 13.5. The predicted molar refractivity (Wildman–Crippen MR) is 87.1 cm³/mol. The summed E-state index contributed by atoms with van der Waals surface area (Å²) in [6.45, 7) is 0.585. The van der Waals surface area contributed by atoms with Crippen molar-refractivity contribution >= 4 is 11.8 Å². The zero-order chi connectivity index (χ0) is 16.2. The molecule has 0 saturated heterocycles. The van der Waals surface area contributed by atoms with Crippen LogP contribution in [0.25, 0.3) is 11.5 Å². The lowest BCUT2D eigenvalue weighted by Gasteiger charge is -2.02. The van der Waals surface area contributed by atoms with Crippen LogP contribution < -0.4 is 0 Å². The van der Waals surface area contributed by atoms with E-state index >= 15 is 0 Å². The average molecular weight is 339 g/mol. The lowest BCUT2D eigenvalue weighted by atomic mass is 10.2. The van der Waals surface area contributed by atoms with Gasteiger partial charge in [0.1, 0.15) is 12.1 Å². The first-order chi connectivity index (χ1) is 11.9. The molecular formula is C16H13N5O2S. The molecule has 0 saturated carbocycles. The van der Waals surface area contributed by atoms with Crippen molar-refractivity contribution in [1.82, 2.24) is 25.0 Å². The highest BCUT2D eigenvalue weighted by Crippen LogP contribution is 2.23. The third-order valence-electron chi connectivity index (χ3n) is 3.30. The van der Waals surface area contributed by atoms with Crippen LogP contribution in [-0.4, -0.2) is 25.0 Å². The van der Waals surface area contributed by atoms with E-state index in [1.54, 1.807) is 12.6 Å². The van der Waals surface area contributed by atoms with E-state index in [-0.39, 0.29) is 0 Å². The molecule has 0 amide bonds. The van der Waals surface area contributed by atoms with Crippen molar-refractivity contribution < 1.29 is 8.83 Å². The molecule has 24 heavy (non-hydrogen) atoms. The smallest absolute Gasteiger partial charge is 0.247 e. The molecule has 0 aliphatic heterocycles. The summed E-state index contributed by atoms with van der Waals surface area (Å²) in [5, 5.41) is 17.0. The summed E-state index contributed by atoms with van der Waals surface area (Å²) in [6.07, 6.45) is 3.32. The zero-order valence-corrected chi connectivity index (χ0v) is 13.4. The number of thioether (sulfide) groups is 1. The monoisotopic (exact) mass is 339 g/mol. The van der Waals surface area contributed by atoms with Crippen LogP contribution in [0.4, 0.5) is 0 Å². The summed E-state index contributed by atoms with van der Waals surface area (Å²) in [7, 11) is 0. The topological polar surface area (TPSA) is 82.8 Å². The van der Waals surface area contributed by atoms with Crippen molar-refractivity contribution in [3.63, 3.8) is 0 Å². The molecule has 0 radical (unpaired) electrons. The van der Waals surface area contributed by atoms with E-state index in [0.29, 0.717) is 24.1 Å². The first kappa shape index (κ1) is 14.7. The van der Waals surface area contributed by atoms with Gasteiger partial charge in [0.25, 0.3) is 0 Å². The second-order valence-corrected chi connectivity index (χ2v) is 5.92. The van der Waals surface area contributed by atoms with Crippen LogP contribution in [0.15, 0.2) is 69.0 Å². The van der Waals surface area contributed by atoms with Crippen LogP contribution in [0.2, 0.25) is 0 Å². The van der Waals surface area contributed by atoms with Crippen LogP contribution in [0.3, 0.4) is 0 Å². The molecule has 4 aromatic rings. The lowest BCUT2D eigenvalue weighted by Crippen LogP contribution is -1.99. The highest BCUT2D eigenvalue weighted by molar-refractivity contribution is 7.98. The van der Waals surface area contributed by atoms with Gasteiger partial charge >= 0.3 is 0 Å². The summed E-state index contributed by atoms with van der Waals surface area (Å²) in [5.41, 5.74) is 0.905. The molecule has 0 atom stereocenters. The average Bonchev–Trinajstić information content (AvgIpc) is 3.37. The fourth-order valence-electron chi connectivity index (χ4n) is 2.17. The van der Waals surface area contributed by atoms with E-state index in [2.05, 4.69) is 20.4 Å². The van der Waals surface area contributed by atoms with E-state index in [9.17, 15) is 0 Å². The van der Waals surface area contributed by atoms with Crippen LogP contribution >= 0.6 is 11.8 Å². The van der Waals surface area contributed by atoms with Crippen molar-refractivity contribution in [2.45, 2.75) is 17.5 Å². The molecule has 4 rings (SSSR count). The molecule has 0 N–H and O–H groups in total. The standard InChI is InChI=1S/C16H13N5O2S/c1-2-5-12(6-3-1)15-19-18-14(23-15)10-24-16-20-17-11-21(16)9-13-7-4-8-22-13/h1-8,11H,9-10H2. The second kappa shape index (κ2) is 6.71. The first-order valence-corrected chi connectivity index (χ1v) is 8.28. The maximum absolute atomic E-state index is 5.69. The van der Waals surface area contributed by atoms with Gasteiger partial charge in [0.15, 0.2) is 5.16 Å². The van der Waals surface area contributed by atoms with Crippen molar-refractivity contribution in [3.8, 4) is 11.5 Å². The predicted octanol–water partition coefficient (Wildman–Crippen LogP) is 3.26. The van der Waals surface area contributed by atoms with Crippen LogP contribution in [0.1, 0.15) is 11.7 Å². The molecule has 0 spiro atoms. The van der Waals surface area contributed by atoms with Crippen LogP contribution in [-0.2, 0) is 12.3 Å². The summed E-state index contributed by atoms with van der Waals surface area (Å²) < 4.78 is 13.0. The molecule has 0 aliphatic carbocycles. The number of nitrogens with zero attached hydrogens (tertiary/aromatic N) is 5. The summed E-state index contributed by atoms with van der Waals surface area (Å²) in [4.78, 5) is 0. The van der Waals surface area contributed by atoms with E-state index < -0.39 is 0 Å². The number of furan rings is 1. The fraction of sp³-hybridized carbons (Fsp3) is 0.125. The third-order valence-corrected chi connectivity index (χ3v) is 4.26. The Hall–Kier alpha value is -2.87. The summed E-state index contributed by atoms with van der Waals surface area (Å²) >= 11 is 1.49. The second-order valence-electron chi connectivity index (χ2n) is 4.98. The Morgan fingerprint density at radius 3 is 2.75 bits per heavy atom. The molecule has 0 aliphatic rings. The molecule has 3 aromatic heterocycles. The maximum atomic E-state index is 5.69. The molecule has 3 heterocycles. The molecule has 8 heteroatoms. The van der Waals surface area contributed by atoms with Crippen molar-refractivity contribution in [3.05, 3.63) is 66.7 Å². The minimum absolute atomic E-state index is 0.517. The molecule has 0 bridgehead atoms. The number of hydrogen-bond acceptors (Lipinski definition) is 7. The highest BCUT2D eigenvalue weighted by atomic mass is 32.2. The minimum Gasteiger partial charge on any atom is -0.467 e. The van der Waals surface area contributed by atoms with Crippen LogP contribution in [0, 0.1) is 0 Å². The Kier molecular flexibility index (Phi) is 4.11. The van der Waals surface area contributed by atoms with Gasteiger partial charge in [-0.25, -0.2) is 0 Å². The van der Waals surface area contributed by atoms with Gasteiger partial charge in [-0.3, -0.25) is 0 Å². The van der Waals surface area contributed by atoms with Gasteiger partial charge in [0, 0.05) is 5.56 Å². The Morgan fingerprint density at radius 2 is 1.92 bits per heavy atom. The third kappa shape index (κ3) is 3.23. The van der Waals surface area contributed by atoms with E-state index in [0.717, 1.165) is 16.5 Å². The van der Waals surface area contributed by atoms with Gasteiger partial charge in [0.2, 0.25) is 11.8 Å². The molecule has 120 valence electrons. The quantitative estimate of drug-likeness (QED) is 0.499. The van der Waals surface area contributed by atoms with Gasteiger partial charge in [-0.1, -0.05) is 30.0 Å². The maximum Gasteiger partial charge on any atom is 0.247 e. The van der Waals surface area contributed by atoms with E-state index in [1.807, 2.05) is 47.0 Å². The SMILES string of the molecule is c1ccc(-c2nnc(CSc3nncn3Cc3ccco3)o2)cc1. The van der Waals surface area contributed by atoms with E-state index in [1.165, 1.54) is 11.8 Å².